The summed E-state index contributed by atoms with van der Waals surface area (Å²) in [6, 6.07) is 3.88. The molecular formula is C18H26N4O4S. The number of amides is 1. The molecule has 27 heavy (non-hydrogen) atoms. The Bertz CT molecular complexity index is 947. The number of benzene rings is 1. The molecule has 1 aromatic carbocycles. The maximum Gasteiger partial charge on any atom is 0.243 e. The van der Waals surface area contributed by atoms with E-state index in [1.807, 2.05) is 13.8 Å². The second kappa shape index (κ2) is 8.10. The van der Waals surface area contributed by atoms with Crippen molar-refractivity contribution in [1.29, 1.82) is 0 Å². The van der Waals surface area contributed by atoms with Gasteiger partial charge in [0.25, 0.3) is 0 Å². The Kier molecular flexibility index (Phi) is 6.27. The summed E-state index contributed by atoms with van der Waals surface area (Å²) in [5.74, 6) is -0.552. The normalized spacial score (nSPS) is 11.8. The van der Waals surface area contributed by atoms with Crippen molar-refractivity contribution in [1.82, 2.24) is 14.1 Å². The second-order valence-corrected chi connectivity index (χ2v) is 8.20. The first-order valence-corrected chi connectivity index (χ1v) is 10.2. The Hall–Kier alpha value is -2.39. The third-order valence-electron chi connectivity index (χ3n) is 4.58. The van der Waals surface area contributed by atoms with Gasteiger partial charge in [-0.3, -0.25) is 9.48 Å². The third-order valence-corrected chi connectivity index (χ3v) is 6.63. The van der Waals surface area contributed by atoms with Gasteiger partial charge in [0, 0.05) is 31.4 Å². The van der Waals surface area contributed by atoms with Gasteiger partial charge in [-0.2, -0.15) is 9.40 Å². The number of aromatic nitrogens is 2. The summed E-state index contributed by atoms with van der Waals surface area (Å²) in [7, 11) is -1.88. The fraction of sp³-hybridized carbons (Fsp3) is 0.444. The number of aromatic hydroxyl groups is 1. The molecule has 2 N–H and O–H groups in total. The quantitative estimate of drug-likeness (QED) is 0.699. The van der Waals surface area contributed by atoms with Crippen molar-refractivity contribution in [2.24, 2.45) is 7.05 Å². The molecule has 0 aliphatic rings. The van der Waals surface area contributed by atoms with E-state index in [0.29, 0.717) is 13.1 Å². The number of sulfonamides is 1. The van der Waals surface area contributed by atoms with Gasteiger partial charge in [0.1, 0.15) is 5.75 Å². The minimum absolute atomic E-state index is 0.0213. The summed E-state index contributed by atoms with van der Waals surface area (Å²) in [4.78, 5) is 12.5. The Morgan fingerprint density at radius 3 is 2.41 bits per heavy atom. The van der Waals surface area contributed by atoms with Crippen molar-refractivity contribution in [2.45, 2.75) is 39.0 Å². The highest BCUT2D eigenvalue weighted by Gasteiger charge is 2.23. The van der Waals surface area contributed by atoms with Crippen molar-refractivity contribution in [3.8, 4) is 5.75 Å². The number of phenols is 1. The van der Waals surface area contributed by atoms with Gasteiger partial charge in [0.2, 0.25) is 15.9 Å². The van der Waals surface area contributed by atoms with Crippen LogP contribution in [-0.2, 0) is 28.3 Å². The zero-order chi connectivity index (χ0) is 20.4. The van der Waals surface area contributed by atoms with Crippen LogP contribution < -0.4 is 5.32 Å². The SMILES string of the molecule is CCN(CC)S(=O)(=O)c1ccc(O)c(NC(=O)Cc2c(C)nn(C)c2C)c1. The van der Waals surface area contributed by atoms with Gasteiger partial charge < -0.3 is 10.4 Å². The minimum Gasteiger partial charge on any atom is -0.506 e. The lowest BCUT2D eigenvalue weighted by Crippen LogP contribution is -2.30. The van der Waals surface area contributed by atoms with Gasteiger partial charge in [-0.25, -0.2) is 8.42 Å². The molecule has 0 unspecified atom stereocenters. The molecule has 0 bridgehead atoms. The summed E-state index contributed by atoms with van der Waals surface area (Å²) in [5.41, 5.74) is 2.51. The Balaban J connectivity index is 2.27. The van der Waals surface area contributed by atoms with Crippen LogP contribution in [0.4, 0.5) is 5.69 Å². The summed E-state index contributed by atoms with van der Waals surface area (Å²) < 4.78 is 28.3. The van der Waals surface area contributed by atoms with Crippen molar-refractivity contribution < 1.29 is 18.3 Å². The Morgan fingerprint density at radius 1 is 1.26 bits per heavy atom. The molecule has 0 fully saturated rings. The number of phenolic OH excluding ortho intramolecular Hbond substituents is 1. The molecule has 8 nitrogen and oxygen atoms in total. The number of rotatable bonds is 7. The monoisotopic (exact) mass is 394 g/mol. The van der Waals surface area contributed by atoms with E-state index in [-0.39, 0.29) is 28.7 Å². The van der Waals surface area contributed by atoms with Crippen molar-refractivity contribution in [2.75, 3.05) is 18.4 Å². The highest BCUT2D eigenvalue weighted by molar-refractivity contribution is 7.89. The molecule has 0 aliphatic carbocycles. The van der Waals surface area contributed by atoms with Crippen LogP contribution >= 0.6 is 0 Å². The lowest BCUT2D eigenvalue weighted by atomic mass is 10.1. The molecule has 148 valence electrons. The van der Waals surface area contributed by atoms with Crippen LogP contribution in [0, 0.1) is 13.8 Å². The molecule has 2 aromatic rings. The van der Waals surface area contributed by atoms with E-state index < -0.39 is 10.0 Å². The first-order valence-electron chi connectivity index (χ1n) is 8.73. The van der Waals surface area contributed by atoms with Gasteiger partial charge in [0.15, 0.2) is 0 Å². The fourth-order valence-corrected chi connectivity index (χ4v) is 4.40. The van der Waals surface area contributed by atoms with Crippen LogP contribution in [0.25, 0.3) is 0 Å². The summed E-state index contributed by atoms with van der Waals surface area (Å²) in [6.45, 7) is 7.87. The number of anilines is 1. The molecule has 0 radical (unpaired) electrons. The maximum atomic E-state index is 12.6. The standard InChI is InChI=1S/C18H26N4O4S/c1-6-22(7-2)27(25,26)14-8-9-17(23)16(10-14)19-18(24)11-15-12(3)20-21(5)13(15)4/h8-10,23H,6-7,11H2,1-5H3,(H,19,24). The lowest BCUT2D eigenvalue weighted by Gasteiger charge is -2.19. The average molecular weight is 394 g/mol. The molecule has 0 atom stereocenters. The van der Waals surface area contributed by atoms with Gasteiger partial charge in [-0.15, -0.1) is 0 Å². The first kappa shape index (κ1) is 20.9. The number of hydrogen-bond donors (Lipinski definition) is 2. The predicted molar refractivity (Wildman–Crippen MR) is 103 cm³/mol. The molecule has 0 aliphatic heterocycles. The molecule has 0 saturated heterocycles. The molecule has 2 rings (SSSR count). The van der Waals surface area contributed by atoms with Gasteiger partial charge in [-0.1, -0.05) is 13.8 Å². The fourth-order valence-electron chi connectivity index (χ4n) is 2.92. The summed E-state index contributed by atoms with van der Waals surface area (Å²) in [5, 5.41) is 16.9. The van der Waals surface area contributed by atoms with Crippen LogP contribution in [0.5, 0.6) is 5.75 Å². The molecule has 1 heterocycles. The van der Waals surface area contributed by atoms with Crippen LogP contribution in [0.1, 0.15) is 30.8 Å². The Morgan fingerprint density at radius 2 is 1.89 bits per heavy atom. The predicted octanol–water partition coefficient (Wildman–Crippen LogP) is 1.95. The van der Waals surface area contributed by atoms with Crippen LogP contribution in [0.15, 0.2) is 23.1 Å². The van der Waals surface area contributed by atoms with E-state index in [0.717, 1.165) is 17.0 Å². The molecule has 1 aromatic heterocycles. The van der Waals surface area contributed by atoms with E-state index in [4.69, 9.17) is 0 Å². The highest BCUT2D eigenvalue weighted by atomic mass is 32.2. The molecule has 9 heteroatoms. The van der Waals surface area contributed by atoms with E-state index in [1.54, 1.807) is 25.6 Å². The maximum absolute atomic E-state index is 12.6. The Labute approximate surface area is 159 Å². The zero-order valence-corrected chi connectivity index (χ0v) is 17.1. The topological polar surface area (TPSA) is 105 Å². The zero-order valence-electron chi connectivity index (χ0n) is 16.3. The van der Waals surface area contributed by atoms with E-state index >= 15 is 0 Å². The number of carbonyl (C=O) groups excluding carboxylic acids is 1. The number of carbonyl (C=O) groups is 1. The highest BCUT2D eigenvalue weighted by Crippen LogP contribution is 2.28. The number of nitrogens with one attached hydrogen (secondary N) is 1. The smallest absolute Gasteiger partial charge is 0.243 e. The average Bonchev–Trinajstić information content (AvgIpc) is 2.83. The van der Waals surface area contributed by atoms with Crippen LogP contribution in [0.3, 0.4) is 0 Å². The largest absolute Gasteiger partial charge is 0.506 e. The lowest BCUT2D eigenvalue weighted by molar-refractivity contribution is -0.115. The van der Waals surface area contributed by atoms with Crippen LogP contribution in [0.2, 0.25) is 0 Å². The van der Waals surface area contributed by atoms with E-state index in [1.165, 1.54) is 22.5 Å². The number of aryl methyl sites for hydroxylation is 2. The molecular weight excluding hydrogens is 368 g/mol. The van der Waals surface area contributed by atoms with E-state index in [2.05, 4.69) is 10.4 Å². The summed E-state index contributed by atoms with van der Waals surface area (Å²) in [6.07, 6.45) is 0.0813. The molecule has 0 spiro atoms. The number of hydrogen-bond acceptors (Lipinski definition) is 5. The van der Waals surface area contributed by atoms with Crippen molar-refractivity contribution in [3.63, 3.8) is 0 Å². The van der Waals surface area contributed by atoms with E-state index in [9.17, 15) is 18.3 Å². The van der Waals surface area contributed by atoms with Gasteiger partial charge in [0.05, 0.1) is 22.7 Å². The van der Waals surface area contributed by atoms with Crippen LogP contribution in [-0.4, -0.2) is 46.6 Å². The summed E-state index contributed by atoms with van der Waals surface area (Å²) >= 11 is 0. The minimum atomic E-state index is -3.69. The molecule has 1 amide bonds. The van der Waals surface area contributed by atoms with Gasteiger partial charge in [-0.05, 0) is 32.0 Å². The molecule has 0 saturated carbocycles. The van der Waals surface area contributed by atoms with Crippen molar-refractivity contribution >= 4 is 21.6 Å². The van der Waals surface area contributed by atoms with Crippen molar-refractivity contribution in [3.05, 3.63) is 35.2 Å². The first-order chi connectivity index (χ1) is 12.6. The third kappa shape index (κ3) is 4.30. The second-order valence-electron chi connectivity index (χ2n) is 6.27. The van der Waals surface area contributed by atoms with Gasteiger partial charge >= 0.3 is 0 Å². The number of nitrogens with zero attached hydrogens (tertiary/aromatic N) is 3.